The van der Waals surface area contributed by atoms with Gasteiger partial charge in [-0.2, -0.15) is 0 Å². The largest absolute Gasteiger partial charge is 1.00 e. The van der Waals surface area contributed by atoms with Gasteiger partial charge in [-0.15, -0.1) is 0 Å². The molecule has 342 valence electrons. The van der Waals surface area contributed by atoms with Crippen LogP contribution >= 0.6 is 11.6 Å². The third-order valence-electron chi connectivity index (χ3n) is 10.7. The van der Waals surface area contributed by atoms with Crippen LogP contribution in [0.25, 0.3) is 0 Å². The molecule has 2 heterocycles. The van der Waals surface area contributed by atoms with Gasteiger partial charge in [0.15, 0.2) is 0 Å². The Hall–Kier alpha value is -2.65. The molecule has 4 atom stereocenters. The third-order valence-corrected chi connectivity index (χ3v) is 11.0. The van der Waals surface area contributed by atoms with Crippen LogP contribution in [-0.4, -0.2) is 77.9 Å². The molecule has 0 radical (unpaired) electrons. The van der Waals surface area contributed by atoms with Crippen molar-refractivity contribution < 1.29 is 148 Å². The first-order valence-corrected chi connectivity index (χ1v) is 21.9. The van der Waals surface area contributed by atoms with Crippen molar-refractivity contribution in [1.82, 2.24) is 9.80 Å². The van der Waals surface area contributed by atoms with E-state index < -0.39 is 0 Å². The molecule has 1 N–H and O–H groups in total. The number of ether oxygens (including phenoxy) is 2. The summed E-state index contributed by atoms with van der Waals surface area (Å²) in [6.45, 7) is 11.1. The van der Waals surface area contributed by atoms with Crippen LogP contribution in [0.3, 0.4) is 0 Å². The molecule has 0 aliphatic carbocycles. The summed E-state index contributed by atoms with van der Waals surface area (Å²) in [4.78, 5) is 64.0. The maximum absolute atomic E-state index is 12.7. The van der Waals surface area contributed by atoms with Gasteiger partial charge in [0.2, 0.25) is 11.1 Å². The number of rotatable bonds is 13. The van der Waals surface area contributed by atoms with Crippen LogP contribution in [0.15, 0.2) is 121 Å². The van der Waals surface area contributed by atoms with Gasteiger partial charge in [-0.25, -0.2) is 9.59 Å². The molecule has 16 heteroatoms. The smallest absolute Gasteiger partial charge is 1.00 e. The van der Waals surface area contributed by atoms with Crippen molar-refractivity contribution in [1.29, 1.82) is 0 Å². The molecule has 3 amide bonds. The molecule has 0 aromatic heterocycles. The van der Waals surface area contributed by atoms with E-state index in [1.165, 1.54) is 0 Å². The zero-order chi connectivity index (χ0) is 45.8. The first-order chi connectivity index (χ1) is 30.5. The molecule has 65 heavy (non-hydrogen) atoms. The van der Waals surface area contributed by atoms with Crippen LogP contribution in [-0.2, 0) is 42.0 Å². The van der Waals surface area contributed by atoms with Crippen molar-refractivity contribution in [2.75, 3.05) is 36.4 Å². The first kappa shape index (κ1) is 60.4. The quantitative estimate of drug-likeness (QED) is 0.0695. The van der Waals surface area contributed by atoms with Crippen LogP contribution in [0.5, 0.6) is 0 Å². The third kappa shape index (κ3) is 23.3. The molecule has 2 saturated heterocycles. The summed E-state index contributed by atoms with van der Waals surface area (Å²) >= 11 is 4.82. The fraction of sp³-hybridized carbons (Fsp3) is 0.408. The number of carbonyl (C=O) groups is 5. The molecule has 2 fully saturated rings. The molecule has 0 saturated carbocycles. The summed E-state index contributed by atoms with van der Waals surface area (Å²) in [5, 5.41) is 11.7. The summed E-state index contributed by atoms with van der Waals surface area (Å²) in [5.74, 6) is 0.745. The number of hydrogen-bond donors (Lipinski definition) is 1. The van der Waals surface area contributed by atoms with Crippen molar-refractivity contribution in [3.8, 4) is 0 Å². The Labute approximate surface area is 476 Å². The molecular weight excluding hydrogens is 902 g/mol. The number of nitrogens with one attached hydrogen (secondary N) is 1. The number of likely N-dealkylation sites (tertiary alicyclic amines) is 2. The molecular formula is C49H63ClK2N4O9. The average Bonchev–Trinajstić information content (AvgIpc) is 3.34. The molecule has 0 spiro atoms. The Balaban J connectivity index is 0.00000105. The van der Waals surface area contributed by atoms with E-state index in [2.05, 4.69) is 36.2 Å². The molecule has 2 aliphatic rings. The number of anilines is 2. The number of nitrogens with zero attached hydrogens (tertiary/aromatic N) is 3. The predicted molar refractivity (Wildman–Crippen MR) is 244 cm³/mol. The fourth-order valence-electron chi connectivity index (χ4n) is 7.27. The predicted octanol–water partition coefficient (Wildman–Crippen LogP) is 3.12. The zero-order valence-corrected chi connectivity index (χ0v) is 45.8. The number of piperidine rings is 2. The van der Waals surface area contributed by atoms with Crippen LogP contribution in [0.2, 0.25) is 0 Å². The Kier molecular flexibility index (Phi) is 33.0. The fourth-order valence-corrected chi connectivity index (χ4v) is 7.27. The van der Waals surface area contributed by atoms with Gasteiger partial charge in [0, 0.05) is 62.5 Å². The number of amides is 3. The molecule has 13 nitrogen and oxygen atoms in total. The first-order valence-electron chi connectivity index (χ1n) is 21.5. The molecule has 0 unspecified atom stereocenters. The second-order valence-corrected chi connectivity index (χ2v) is 15.6. The normalized spacial score (nSPS) is 15.8. The SMILES string of the molecule is CCC(=O)Cl.CCC(=O)N(c1ccccc1)[C@@H](C)[C@H]1CCCN(C(=O)OCc2ccccc2)C1.C[C@H](Nc1ccccc1)[C@H]1CCCN(C(=O)OCc2ccccc2)C1.O=CO[O-].[H-].[K+].[K+]. The number of benzene rings is 4. The Bertz CT molecular complexity index is 1930. The van der Waals surface area contributed by atoms with Gasteiger partial charge in [-0.3, -0.25) is 14.4 Å². The van der Waals surface area contributed by atoms with E-state index in [0.29, 0.717) is 44.5 Å². The van der Waals surface area contributed by atoms with Crippen LogP contribution in [0.4, 0.5) is 21.0 Å². The van der Waals surface area contributed by atoms with E-state index in [1.54, 1.807) is 11.8 Å². The Morgan fingerprint density at radius 2 is 1.12 bits per heavy atom. The van der Waals surface area contributed by atoms with Crippen LogP contribution < -0.4 is 118 Å². The monoisotopic (exact) mass is 964 g/mol. The van der Waals surface area contributed by atoms with Crippen molar-refractivity contribution in [3.05, 3.63) is 132 Å². The maximum Gasteiger partial charge on any atom is 1.00 e. The van der Waals surface area contributed by atoms with Gasteiger partial charge in [-0.05, 0) is 98.4 Å². The number of halogens is 1. The number of hydrogen-bond acceptors (Lipinski definition) is 10. The van der Waals surface area contributed by atoms with Gasteiger partial charge in [0.1, 0.15) is 13.2 Å². The average molecular weight is 966 g/mol. The van der Waals surface area contributed by atoms with Crippen molar-refractivity contribution in [3.63, 3.8) is 0 Å². The van der Waals surface area contributed by atoms with E-state index in [9.17, 15) is 19.2 Å². The van der Waals surface area contributed by atoms with Gasteiger partial charge < -0.3 is 41.1 Å². The maximum atomic E-state index is 12.7. The summed E-state index contributed by atoms with van der Waals surface area (Å²) in [6, 6.07) is 39.9. The van der Waals surface area contributed by atoms with E-state index >= 15 is 0 Å². The Morgan fingerprint density at radius 3 is 1.54 bits per heavy atom. The molecule has 6 rings (SSSR count). The number of para-hydroxylation sites is 2. The standard InChI is InChI=1S/C24H30N2O3.C21H26N2O2.C3H5ClO.CH2O3.2K.H/c1-3-23(27)26(22-14-8-5-9-15-22)19(2)21-13-10-16-25(17-21)24(28)29-18-20-11-6-4-7-12-20;1-17(22-20-12-6-3-7-13-20)19-11-8-14-23(15-19)21(24)25-16-18-9-4-2-5-10-18;1-2-3(4)5;2-1-4-3;;;/h4-9,11-12,14-15,19,21H,3,10,13,16-18H2,1-2H3;2-7,9-10,12-13,17,19,22H,8,11,14-16H2,1H3;2H2,1H3;1,3H;;;/q;;;;2*+1;-1/p-1/t19-,21-;17-,19-;;;;;/m00...../s1. The topological polar surface area (TPSA) is 158 Å². The van der Waals surface area contributed by atoms with E-state index in [1.807, 2.05) is 126 Å². The summed E-state index contributed by atoms with van der Waals surface area (Å²) in [7, 11) is 0. The minimum Gasteiger partial charge on any atom is -1.00 e. The van der Waals surface area contributed by atoms with Crippen molar-refractivity contribution in [2.45, 2.75) is 91.5 Å². The molecule has 0 bridgehead atoms. The summed E-state index contributed by atoms with van der Waals surface area (Å²) in [6.07, 6.45) is 4.45. The van der Waals surface area contributed by atoms with E-state index in [0.717, 1.165) is 61.3 Å². The molecule has 2 aliphatic heterocycles. The number of carbonyl (C=O) groups excluding carboxylic acids is 5. The summed E-state index contributed by atoms with van der Waals surface area (Å²) in [5.41, 5.74) is 4.03. The second-order valence-electron chi connectivity index (χ2n) is 15.2. The minimum atomic E-state index is -0.279. The van der Waals surface area contributed by atoms with Gasteiger partial charge >= 0.3 is 115 Å². The van der Waals surface area contributed by atoms with Gasteiger partial charge in [-0.1, -0.05) is 111 Å². The summed E-state index contributed by atoms with van der Waals surface area (Å²) < 4.78 is 11.0. The van der Waals surface area contributed by atoms with E-state index in [4.69, 9.17) is 31.1 Å². The van der Waals surface area contributed by atoms with Gasteiger partial charge in [0.25, 0.3) is 6.47 Å². The van der Waals surface area contributed by atoms with Crippen molar-refractivity contribution in [2.24, 2.45) is 11.8 Å². The van der Waals surface area contributed by atoms with Crippen LogP contribution in [0, 0.1) is 11.8 Å². The second kappa shape index (κ2) is 35.5. The van der Waals surface area contributed by atoms with Gasteiger partial charge in [0.05, 0.1) is 0 Å². The van der Waals surface area contributed by atoms with Crippen LogP contribution in [0.1, 0.15) is 78.8 Å². The minimum absolute atomic E-state index is 0. The zero-order valence-electron chi connectivity index (χ0n) is 39.8. The van der Waals surface area contributed by atoms with E-state index in [-0.39, 0.29) is 153 Å². The Morgan fingerprint density at radius 1 is 0.723 bits per heavy atom. The van der Waals surface area contributed by atoms with Crippen molar-refractivity contribution >= 4 is 52.8 Å². The molecule has 4 aromatic rings. The molecule has 4 aromatic carbocycles.